The Morgan fingerprint density at radius 2 is 1.81 bits per heavy atom. The van der Waals surface area contributed by atoms with Gasteiger partial charge in [-0.3, -0.25) is 4.79 Å². The molecule has 2 aliphatic heterocycles. The van der Waals surface area contributed by atoms with E-state index < -0.39 is 11.7 Å². The molecule has 1 fully saturated rings. The van der Waals surface area contributed by atoms with Crippen molar-refractivity contribution in [1.82, 2.24) is 10.2 Å². The molecule has 32 heavy (non-hydrogen) atoms. The highest BCUT2D eigenvalue weighted by Crippen LogP contribution is 2.32. The topological polar surface area (TPSA) is 41.6 Å². The number of halogens is 3. The van der Waals surface area contributed by atoms with Gasteiger partial charge in [0.15, 0.2) is 5.78 Å². The van der Waals surface area contributed by atoms with Gasteiger partial charge in [0.1, 0.15) is 12.4 Å². The molecule has 2 aromatic rings. The van der Waals surface area contributed by atoms with Gasteiger partial charge in [-0.05, 0) is 68.2 Å². The van der Waals surface area contributed by atoms with Crippen molar-refractivity contribution in [2.75, 3.05) is 32.8 Å². The lowest BCUT2D eigenvalue weighted by molar-refractivity contribution is -0.137. The summed E-state index contributed by atoms with van der Waals surface area (Å²) in [5, 5.41) is 3.62. The summed E-state index contributed by atoms with van der Waals surface area (Å²) in [6.45, 7) is 4.03. The van der Waals surface area contributed by atoms with Gasteiger partial charge in [-0.15, -0.1) is 0 Å². The number of benzene rings is 2. The maximum absolute atomic E-state index is 12.7. The molecule has 4 rings (SSSR count). The summed E-state index contributed by atoms with van der Waals surface area (Å²) >= 11 is 0. The summed E-state index contributed by atoms with van der Waals surface area (Å²) < 4.78 is 44.0. The number of ether oxygens (including phenoxy) is 1. The van der Waals surface area contributed by atoms with E-state index in [1.165, 1.54) is 37.0 Å². The maximum Gasteiger partial charge on any atom is 0.416 e. The number of nitrogens with zero attached hydrogens (tertiary/aromatic N) is 1. The number of rotatable bonds is 7. The molecule has 2 aliphatic rings. The van der Waals surface area contributed by atoms with Gasteiger partial charge in [0.2, 0.25) is 0 Å². The average molecular weight is 447 g/mol. The number of alkyl halides is 3. The minimum Gasteiger partial charge on any atom is -0.486 e. The Morgan fingerprint density at radius 1 is 1.06 bits per heavy atom. The van der Waals surface area contributed by atoms with Gasteiger partial charge in [-0.1, -0.05) is 30.7 Å². The predicted molar refractivity (Wildman–Crippen MR) is 117 cm³/mol. The molecule has 4 nitrogen and oxygen atoms in total. The zero-order valence-corrected chi connectivity index (χ0v) is 18.1. The molecule has 0 radical (unpaired) electrons. The number of hydrogen-bond acceptors (Lipinski definition) is 4. The monoisotopic (exact) mass is 446 g/mol. The largest absolute Gasteiger partial charge is 0.486 e. The van der Waals surface area contributed by atoms with E-state index >= 15 is 0 Å². The minimum atomic E-state index is -4.38. The van der Waals surface area contributed by atoms with Crippen molar-refractivity contribution in [2.24, 2.45) is 0 Å². The van der Waals surface area contributed by atoms with Crippen LogP contribution in [0.5, 0.6) is 5.75 Å². The van der Waals surface area contributed by atoms with E-state index in [2.05, 4.69) is 16.3 Å². The Kier molecular flexibility index (Phi) is 7.16. The number of Topliss-reactive ketones (excluding diaryl/α,β-unsaturated/α-hetero) is 1. The second kappa shape index (κ2) is 10.0. The number of ketones is 1. The number of hydrogen-bond donors (Lipinski definition) is 1. The van der Waals surface area contributed by atoms with E-state index in [4.69, 9.17) is 4.74 Å². The van der Waals surface area contributed by atoms with Gasteiger partial charge >= 0.3 is 6.18 Å². The van der Waals surface area contributed by atoms with Crippen molar-refractivity contribution >= 4 is 5.78 Å². The predicted octanol–water partition coefficient (Wildman–Crippen LogP) is 4.57. The molecule has 1 saturated heterocycles. The highest BCUT2D eigenvalue weighted by Gasteiger charge is 2.30. The van der Waals surface area contributed by atoms with Crippen LogP contribution in [0.2, 0.25) is 0 Å². The number of piperidine rings is 1. The minimum absolute atomic E-state index is 0.0479. The molecule has 0 bridgehead atoms. The van der Waals surface area contributed by atoms with Crippen molar-refractivity contribution in [2.45, 2.75) is 44.3 Å². The van der Waals surface area contributed by atoms with E-state index in [0.29, 0.717) is 5.56 Å². The summed E-state index contributed by atoms with van der Waals surface area (Å²) in [6, 6.07) is 11.0. The van der Waals surface area contributed by atoms with Crippen LogP contribution < -0.4 is 10.1 Å². The lowest BCUT2D eigenvalue weighted by Gasteiger charge is -2.34. The Hall–Kier alpha value is -2.38. The molecule has 0 amide bonds. The average Bonchev–Trinajstić information content (AvgIpc) is 2.78. The quantitative estimate of drug-likeness (QED) is 0.677. The second-order valence-electron chi connectivity index (χ2n) is 8.64. The Balaban J connectivity index is 1.36. The SMILES string of the molecule is O=C(COc1cccc2c1CCNC2CN1CCCCC1)Cc1ccc(C(F)(F)F)cc1. The molecule has 1 unspecified atom stereocenters. The fraction of sp³-hybridized carbons (Fsp3) is 0.480. The molecule has 0 aromatic heterocycles. The lowest BCUT2D eigenvalue weighted by Crippen LogP contribution is -2.41. The number of likely N-dealkylation sites (tertiary alicyclic amines) is 1. The van der Waals surface area contributed by atoms with Crippen LogP contribution in [0.4, 0.5) is 13.2 Å². The number of fused-ring (bicyclic) bond motifs is 1. The molecule has 0 spiro atoms. The third-order valence-corrected chi connectivity index (χ3v) is 6.27. The van der Waals surface area contributed by atoms with Gasteiger partial charge in [-0.2, -0.15) is 13.2 Å². The van der Waals surface area contributed by atoms with Crippen LogP contribution in [0.15, 0.2) is 42.5 Å². The first-order valence-electron chi connectivity index (χ1n) is 11.3. The Morgan fingerprint density at radius 3 is 2.53 bits per heavy atom. The molecule has 2 heterocycles. The summed E-state index contributed by atoms with van der Waals surface area (Å²) in [7, 11) is 0. The highest BCUT2D eigenvalue weighted by molar-refractivity contribution is 5.82. The first-order valence-corrected chi connectivity index (χ1v) is 11.3. The first-order chi connectivity index (χ1) is 15.4. The molecule has 1 atom stereocenters. The van der Waals surface area contributed by atoms with Gasteiger partial charge in [0, 0.05) is 24.6 Å². The van der Waals surface area contributed by atoms with Crippen LogP contribution in [0.1, 0.15) is 47.6 Å². The molecular formula is C25H29F3N2O2. The zero-order chi connectivity index (χ0) is 22.6. The zero-order valence-electron chi connectivity index (χ0n) is 18.1. The van der Waals surface area contributed by atoms with Gasteiger partial charge in [0.25, 0.3) is 0 Å². The van der Waals surface area contributed by atoms with Crippen molar-refractivity contribution in [1.29, 1.82) is 0 Å². The number of nitrogens with one attached hydrogen (secondary N) is 1. The number of carbonyl (C=O) groups excluding carboxylic acids is 1. The van der Waals surface area contributed by atoms with Crippen LogP contribution >= 0.6 is 0 Å². The second-order valence-corrected chi connectivity index (χ2v) is 8.64. The summed E-state index contributed by atoms with van der Waals surface area (Å²) in [4.78, 5) is 14.9. The standard InChI is InChI=1S/C25H29F3N2O2/c26-25(27,28)19-9-7-18(8-10-19)15-20(31)17-32-24-6-4-5-21-22(24)11-12-29-23(21)16-30-13-2-1-3-14-30/h4-10,23,29H,1-3,11-17H2. The third-order valence-electron chi connectivity index (χ3n) is 6.27. The smallest absolute Gasteiger partial charge is 0.416 e. The van der Waals surface area contributed by atoms with E-state index in [-0.39, 0.29) is 24.9 Å². The molecule has 0 aliphatic carbocycles. The van der Waals surface area contributed by atoms with Crippen molar-refractivity contribution in [3.05, 3.63) is 64.7 Å². The highest BCUT2D eigenvalue weighted by atomic mass is 19.4. The molecule has 172 valence electrons. The molecule has 7 heteroatoms. The molecular weight excluding hydrogens is 417 g/mol. The first kappa shape index (κ1) is 22.8. The van der Waals surface area contributed by atoms with E-state index in [1.807, 2.05) is 12.1 Å². The van der Waals surface area contributed by atoms with Crippen molar-refractivity contribution < 1.29 is 22.7 Å². The number of carbonyl (C=O) groups is 1. The lowest BCUT2D eigenvalue weighted by atomic mass is 9.92. The van der Waals surface area contributed by atoms with Crippen LogP contribution in [-0.4, -0.2) is 43.5 Å². The summed E-state index contributed by atoms with van der Waals surface area (Å²) in [6.07, 6.45) is 0.331. The fourth-order valence-electron chi connectivity index (χ4n) is 4.60. The van der Waals surface area contributed by atoms with E-state index in [1.54, 1.807) is 0 Å². The fourth-order valence-corrected chi connectivity index (χ4v) is 4.60. The van der Waals surface area contributed by atoms with E-state index in [9.17, 15) is 18.0 Å². The molecule has 0 saturated carbocycles. The maximum atomic E-state index is 12.7. The van der Waals surface area contributed by atoms with Crippen molar-refractivity contribution in [3.63, 3.8) is 0 Å². The normalized spacial score (nSPS) is 19.4. The van der Waals surface area contributed by atoms with Crippen LogP contribution in [0, 0.1) is 0 Å². The molecule has 2 aromatic carbocycles. The van der Waals surface area contributed by atoms with Crippen LogP contribution in [0.3, 0.4) is 0 Å². The van der Waals surface area contributed by atoms with Gasteiger partial charge < -0.3 is 15.0 Å². The van der Waals surface area contributed by atoms with E-state index in [0.717, 1.165) is 56.0 Å². The third kappa shape index (κ3) is 5.70. The van der Waals surface area contributed by atoms with Crippen molar-refractivity contribution in [3.8, 4) is 5.75 Å². The van der Waals surface area contributed by atoms with Gasteiger partial charge in [0.05, 0.1) is 5.56 Å². The van der Waals surface area contributed by atoms with Crippen LogP contribution in [0.25, 0.3) is 0 Å². The van der Waals surface area contributed by atoms with Gasteiger partial charge in [-0.25, -0.2) is 0 Å². The Labute approximate surface area is 186 Å². The summed E-state index contributed by atoms with van der Waals surface area (Å²) in [5.74, 6) is 0.564. The van der Waals surface area contributed by atoms with Crippen LogP contribution in [-0.2, 0) is 23.8 Å². The summed E-state index contributed by atoms with van der Waals surface area (Å²) in [5.41, 5.74) is 2.21. The Bertz CT molecular complexity index is 922. The molecule has 1 N–H and O–H groups in total.